The van der Waals surface area contributed by atoms with Crippen LogP contribution in [0.5, 0.6) is 0 Å². The number of esters is 1. The van der Waals surface area contributed by atoms with Crippen LogP contribution in [0, 0.1) is 28.6 Å². The Morgan fingerprint density at radius 2 is 1.93 bits per heavy atom. The Morgan fingerprint density at radius 3 is 2.64 bits per heavy atom. The van der Waals surface area contributed by atoms with Gasteiger partial charge in [-0.25, -0.2) is 4.79 Å². The van der Waals surface area contributed by atoms with Crippen molar-refractivity contribution in [2.75, 3.05) is 13.7 Å². The number of allylic oxidation sites excluding steroid dienone is 5. The van der Waals surface area contributed by atoms with Gasteiger partial charge in [-0.1, -0.05) is 19.9 Å². The molecule has 4 heteroatoms. The van der Waals surface area contributed by atoms with Crippen LogP contribution in [0.3, 0.4) is 0 Å². The Labute approximate surface area is 168 Å². The Hall–Kier alpha value is -1.58. The number of hydrogen-bond acceptors (Lipinski definition) is 3. The molecule has 154 valence electrons. The van der Waals surface area contributed by atoms with Crippen molar-refractivity contribution in [3.63, 3.8) is 0 Å². The van der Waals surface area contributed by atoms with Crippen molar-refractivity contribution in [1.29, 1.82) is 0 Å². The predicted molar refractivity (Wildman–Crippen MR) is 107 cm³/mol. The van der Waals surface area contributed by atoms with Crippen LogP contribution in [0.15, 0.2) is 34.9 Å². The predicted octanol–water partition coefficient (Wildman–Crippen LogP) is 5.88. The van der Waals surface area contributed by atoms with E-state index in [9.17, 15) is 9.18 Å². The van der Waals surface area contributed by atoms with Gasteiger partial charge in [0.2, 0.25) is 5.83 Å². The molecular weight excluding hydrogens is 355 g/mol. The van der Waals surface area contributed by atoms with Gasteiger partial charge in [-0.05, 0) is 91.3 Å². The molecule has 0 radical (unpaired) electrons. The third kappa shape index (κ3) is 2.78. The molecule has 0 N–H and O–H groups in total. The molecule has 0 aromatic carbocycles. The van der Waals surface area contributed by atoms with Crippen molar-refractivity contribution in [1.82, 2.24) is 0 Å². The smallest absolute Gasteiger partial charge is 0.367 e. The highest BCUT2D eigenvalue weighted by Gasteiger charge is 2.57. The average molecular weight is 389 g/mol. The average Bonchev–Trinajstić information content (AvgIpc) is 3.04. The second kappa shape index (κ2) is 7.03. The monoisotopic (exact) mass is 388 g/mol. The van der Waals surface area contributed by atoms with E-state index < -0.39 is 11.8 Å². The zero-order valence-corrected chi connectivity index (χ0v) is 17.6. The normalized spacial score (nSPS) is 41.1. The lowest BCUT2D eigenvalue weighted by Gasteiger charge is -2.56. The largest absolute Gasteiger partial charge is 0.501 e. The lowest BCUT2D eigenvalue weighted by molar-refractivity contribution is -0.140. The van der Waals surface area contributed by atoms with E-state index in [4.69, 9.17) is 9.47 Å². The molecule has 0 amide bonds. The van der Waals surface area contributed by atoms with Gasteiger partial charge in [0, 0.05) is 6.42 Å². The first-order valence-electron chi connectivity index (χ1n) is 10.9. The van der Waals surface area contributed by atoms with E-state index in [1.807, 2.05) is 0 Å². The highest BCUT2D eigenvalue weighted by atomic mass is 19.1. The number of fused-ring (bicyclic) bond motifs is 5. The molecule has 3 unspecified atom stereocenters. The summed E-state index contributed by atoms with van der Waals surface area (Å²) in [5.41, 5.74) is 2.15. The molecule has 0 aliphatic heterocycles. The zero-order valence-electron chi connectivity index (χ0n) is 17.6. The third-order valence-electron chi connectivity index (χ3n) is 8.50. The SMILES string of the molecule is CCOC(=O)C(F)=C1CCC2C3CC=C4C=C(OC)CC[C@]4(C)C3CC[C@]12C. The molecule has 2 fully saturated rings. The molecule has 0 heterocycles. The molecular formula is C24H33FO3. The van der Waals surface area contributed by atoms with E-state index in [0.717, 1.165) is 49.9 Å². The van der Waals surface area contributed by atoms with Gasteiger partial charge in [0.15, 0.2) is 0 Å². The van der Waals surface area contributed by atoms with Crippen molar-refractivity contribution >= 4 is 5.97 Å². The van der Waals surface area contributed by atoms with Gasteiger partial charge in [-0.3, -0.25) is 0 Å². The fourth-order valence-electron chi connectivity index (χ4n) is 6.95. The van der Waals surface area contributed by atoms with Gasteiger partial charge in [-0.15, -0.1) is 0 Å². The molecule has 0 spiro atoms. The summed E-state index contributed by atoms with van der Waals surface area (Å²) >= 11 is 0. The molecule has 4 rings (SSSR count). The Balaban J connectivity index is 1.66. The van der Waals surface area contributed by atoms with Crippen LogP contribution in [0.25, 0.3) is 0 Å². The van der Waals surface area contributed by atoms with Crippen LogP contribution in [-0.2, 0) is 14.3 Å². The quantitative estimate of drug-likeness (QED) is 0.448. The van der Waals surface area contributed by atoms with E-state index in [2.05, 4.69) is 26.0 Å². The Bertz CT molecular complexity index is 764. The van der Waals surface area contributed by atoms with Crippen molar-refractivity contribution in [2.24, 2.45) is 28.6 Å². The summed E-state index contributed by atoms with van der Waals surface area (Å²) in [7, 11) is 1.76. The van der Waals surface area contributed by atoms with Crippen molar-refractivity contribution in [3.05, 3.63) is 34.9 Å². The summed E-state index contributed by atoms with van der Waals surface area (Å²) in [5, 5.41) is 0. The Morgan fingerprint density at radius 1 is 1.18 bits per heavy atom. The zero-order chi connectivity index (χ0) is 20.1. The van der Waals surface area contributed by atoms with Gasteiger partial charge in [-0.2, -0.15) is 4.39 Å². The number of ether oxygens (including phenoxy) is 2. The second-order valence-corrected chi connectivity index (χ2v) is 9.51. The molecule has 3 nitrogen and oxygen atoms in total. The van der Waals surface area contributed by atoms with Gasteiger partial charge in [0.1, 0.15) is 0 Å². The minimum atomic E-state index is -0.774. The minimum Gasteiger partial charge on any atom is -0.501 e. The van der Waals surface area contributed by atoms with Crippen LogP contribution >= 0.6 is 0 Å². The summed E-state index contributed by atoms with van der Waals surface area (Å²) in [6.45, 7) is 6.56. The van der Waals surface area contributed by atoms with E-state index in [-0.39, 0.29) is 17.4 Å². The number of halogens is 1. The van der Waals surface area contributed by atoms with E-state index >= 15 is 0 Å². The molecule has 0 bridgehead atoms. The highest BCUT2D eigenvalue weighted by Crippen LogP contribution is 2.66. The summed E-state index contributed by atoms with van der Waals surface area (Å²) in [6, 6.07) is 0. The number of hydrogen-bond donors (Lipinski definition) is 0. The lowest BCUT2D eigenvalue weighted by Crippen LogP contribution is -2.48. The maximum atomic E-state index is 14.9. The van der Waals surface area contributed by atoms with E-state index in [1.54, 1.807) is 14.0 Å². The number of methoxy groups -OCH3 is 1. The van der Waals surface area contributed by atoms with Crippen LogP contribution in [0.4, 0.5) is 4.39 Å². The summed E-state index contributed by atoms with van der Waals surface area (Å²) in [6.07, 6.45) is 11.6. The first-order chi connectivity index (χ1) is 13.3. The molecule has 0 aromatic rings. The van der Waals surface area contributed by atoms with Crippen LogP contribution in [0.1, 0.15) is 65.7 Å². The standard InChI is InChI=1S/C24H33FO3/c1-5-28-22(26)21(25)20-9-8-18-17-7-6-15-14-16(27-4)10-12-23(15,2)19(17)11-13-24(18,20)3/h6,14,17-19H,5,7-13H2,1-4H3/t17?,18?,19?,23-,24-/m0/s1. The molecule has 5 atom stereocenters. The fraction of sp³-hybridized carbons (Fsp3) is 0.708. The molecule has 4 aliphatic rings. The van der Waals surface area contributed by atoms with Crippen molar-refractivity contribution in [2.45, 2.75) is 65.7 Å². The van der Waals surface area contributed by atoms with Crippen LogP contribution in [0.2, 0.25) is 0 Å². The third-order valence-corrected chi connectivity index (χ3v) is 8.50. The molecule has 0 saturated heterocycles. The maximum Gasteiger partial charge on any atom is 0.367 e. The molecule has 0 aromatic heterocycles. The summed E-state index contributed by atoms with van der Waals surface area (Å²) in [5.74, 6) is 1.34. The highest BCUT2D eigenvalue weighted by molar-refractivity contribution is 5.87. The Kier molecular flexibility index (Phi) is 4.96. The molecule has 4 aliphatic carbocycles. The lowest BCUT2D eigenvalue weighted by atomic mass is 9.48. The van der Waals surface area contributed by atoms with Crippen molar-refractivity contribution in [3.8, 4) is 0 Å². The van der Waals surface area contributed by atoms with E-state index in [0.29, 0.717) is 24.2 Å². The van der Waals surface area contributed by atoms with Gasteiger partial charge < -0.3 is 9.47 Å². The second-order valence-electron chi connectivity index (χ2n) is 9.51. The fourth-order valence-corrected chi connectivity index (χ4v) is 6.95. The first-order valence-corrected chi connectivity index (χ1v) is 10.9. The van der Waals surface area contributed by atoms with Crippen molar-refractivity contribution < 1.29 is 18.7 Å². The van der Waals surface area contributed by atoms with Crippen LogP contribution < -0.4 is 0 Å². The number of carbonyl (C=O) groups excluding carboxylic acids is 1. The molecule has 2 saturated carbocycles. The van der Waals surface area contributed by atoms with E-state index in [1.165, 1.54) is 5.57 Å². The summed E-state index contributed by atoms with van der Waals surface area (Å²) in [4.78, 5) is 12.0. The number of carbonyl (C=O) groups is 1. The van der Waals surface area contributed by atoms with Gasteiger partial charge >= 0.3 is 5.97 Å². The van der Waals surface area contributed by atoms with Crippen LogP contribution in [-0.4, -0.2) is 19.7 Å². The van der Waals surface area contributed by atoms with Gasteiger partial charge in [0.05, 0.1) is 19.5 Å². The summed E-state index contributed by atoms with van der Waals surface area (Å²) < 4.78 is 25.4. The topological polar surface area (TPSA) is 35.5 Å². The van der Waals surface area contributed by atoms with Gasteiger partial charge in [0.25, 0.3) is 0 Å². The number of rotatable bonds is 3. The minimum absolute atomic E-state index is 0.193. The maximum absolute atomic E-state index is 14.9. The molecule has 28 heavy (non-hydrogen) atoms. The first kappa shape index (κ1) is 19.7.